The van der Waals surface area contributed by atoms with Crippen LogP contribution in [0, 0.1) is 6.92 Å². The molecule has 1 aromatic carbocycles. The lowest BCUT2D eigenvalue weighted by Gasteiger charge is -2.06. The zero-order chi connectivity index (χ0) is 13.9. The van der Waals surface area contributed by atoms with Gasteiger partial charge in [-0.1, -0.05) is 11.6 Å². The van der Waals surface area contributed by atoms with Gasteiger partial charge in [0, 0.05) is 5.02 Å². The third-order valence-electron chi connectivity index (χ3n) is 2.42. The fraction of sp³-hybridized carbons (Fsp3) is 0.167. The van der Waals surface area contributed by atoms with Gasteiger partial charge in [-0.3, -0.25) is 0 Å². The van der Waals surface area contributed by atoms with Gasteiger partial charge in [0.2, 0.25) is 10.0 Å². The van der Waals surface area contributed by atoms with E-state index in [0.29, 0.717) is 10.7 Å². The Labute approximate surface area is 116 Å². The molecule has 0 saturated carbocycles. The zero-order valence-electron chi connectivity index (χ0n) is 10.2. The fourth-order valence-electron chi connectivity index (χ4n) is 1.39. The van der Waals surface area contributed by atoms with Crippen LogP contribution in [-0.2, 0) is 16.6 Å². The highest BCUT2D eigenvalue weighted by Crippen LogP contribution is 2.14. The molecular formula is C12H12ClN3O2S. The van der Waals surface area contributed by atoms with Crippen molar-refractivity contribution in [2.45, 2.75) is 18.4 Å². The quantitative estimate of drug-likeness (QED) is 0.936. The summed E-state index contributed by atoms with van der Waals surface area (Å²) >= 11 is 5.72. The highest BCUT2D eigenvalue weighted by atomic mass is 35.5. The largest absolute Gasteiger partial charge is 0.240 e. The van der Waals surface area contributed by atoms with E-state index in [1.807, 2.05) is 6.92 Å². The molecule has 5 nitrogen and oxygen atoms in total. The third kappa shape index (κ3) is 3.73. The van der Waals surface area contributed by atoms with Crippen LogP contribution in [0.2, 0.25) is 5.02 Å². The number of rotatable bonds is 4. The van der Waals surface area contributed by atoms with Crippen molar-refractivity contribution in [1.29, 1.82) is 0 Å². The van der Waals surface area contributed by atoms with Gasteiger partial charge >= 0.3 is 0 Å². The van der Waals surface area contributed by atoms with Gasteiger partial charge in [0.25, 0.3) is 0 Å². The number of nitrogens with one attached hydrogen (secondary N) is 1. The van der Waals surface area contributed by atoms with Crippen LogP contribution >= 0.6 is 11.6 Å². The predicted molar refractivity (Wildman–Crippen MR) is 72.2 cm³/mol. The molecule has 0 aliphatic rings. The standard InChI is InChI=1S/C12H12ClN3O2S/c1-9-2-5-11(16-15-9)8-14-19(17,18)12-6-3-10(13)4-7-12/h2-7,14H,8H2,1H3. The second-order valence-corrected chi connectivity index (χ2v) is 6.15. The summed E-state index contributed by atoms with van der Waals surface area (Å²) in [6.07, 6.45) is 0. The highest BCUT2D eigenvalue weighted by Gasteiger charge is 2.13. The van der Waals surface area contributed by atoms with E-state index in [0.717, 1.165) is 5.69 Å². The van der Waals surface area contributed by atoms with Crippen LogP contribution in [0.25, 0.3) is 0 Å². The number of nitrogens with zero attached hydrogens (tertiary/aromatic N) is 2. The van der Waals surface area contributed by atoms with Gasteiger partial charge < -0.3 is 0 Å². The smallest absolute Gasteiger partial charge is 0.207 e. The van der Waals surface area contributed by atoms with Crippen LogP contribution in [0.1, 0.15) is 11.4 Å². The van der Waals surface area contributed by atoms with Gasteiger partial charge in [-0.2, -0.15) is 10.2 Å². The summed E-state index contributed by atoms with van der Waals surface area (Å²) in [5.41, 5.74) is 1.34. The number of aryl methyl sites for hydroxylation is 1. The minimum Gasteiger partial charge on any atom is -0.207 e. The Hall–Kier alpha value is -1.50. The zero-order valence-corrected chi connectivity index (χ0v) is 11.7. The summed E-state index contributed by atoms with van der Waals surface area (Å²) in [5.74, 6) is 0. The number of aromatic nitrogens is 2. The van der Waals surface area contributed by atoms with Crippen LogP contribution in [-0.4, -0.2) is 18.6 Å². The molecule has 0 saturated heterocycles. The summed E-state index contributed by atoms with van der Waals surface area (Å²) in [6.45, 7) is 1.91. The Kier molecular flexibility index (Phi) is 4.14. The van der Waals surface area contributed by atoms with E-state index >= 15 is 0 Å². The maximum atomic E-state index is 12.0. The van der Waals surface area contributed by atoms with Crippen molar-refractivity contribution in [3.8, 4) is 0 Å². The fourth-order valence-corrected chi connectivity index (χ4v) is 2.51. The van der Waals surface area contributed by atoms with Gasteiger partial charge in [-0.25, -0.2) is 13.1 Å². The van der Waals surface area contributed by atoms with Crippen molar-refractivity contribution >= 4 is 21.6 Å². The lowest BCUT2D eigenvalue weighted by molar-refractivity contribution is 0.580. The first-order valence-corrected chi connectivity index (χ1v) is 7.38. The molecule has 1 aromatic heterocycles. The Morgan fingerprint density at radius 2 is 1.79 bits per heavy atom. The van der Waals surface area contributed by atoms with Crippen molar-refractivity contribution in [1.82, 2.24) is 14.9 Å². The molecule has 0 spiro atoms. The van der Waals surface area contributed by atoms with Crippen molar-refractivity contribution in [3.05, 3.63) is 52.8 Å². The number of sulfonamides is 1. The molecular weight excluding hydrogens is 286 g/mol. The average Bonchev–Trinajstić information content (AvgIpc) is 2.39. The summed E-state index contributed by atoms with van der Waals surface area (Å²) in [6, 6.07) is 9.46. The molecule has 0 amide bonds. The van der Waals surface area contributed by atoms with Gasteiger partial charge in [0.15, 0.2) is 0 Å². The Morgan fingerprint density at radius 1 is 1.11 bits per heavy atom. The van der Waals surface area contributed by atoms with E-state index in [2.05, 4.69) is 14.9 Å². The summed E-state index contributed by atoms with van der Waals surface area (Å²) in [4.78, 5) is 0.164. The number of hydrogen-bond donors (Lipinski definition) is 1. The van der Waals surface area contributed by atoms with E-state index in [1.54, 1.807) is 12.1 Å². The van der Waals surface area contributed by atoms with Gasteiger partial charge in [-0.05, 0) is 43.3 Å². The maximum Gasteiger partial charge on any atom is 0.240 e. The SMILES string of the molecule is Cc1ccc(CNS(=O)(=O)c2ccc(Cl)cc2)nn1. The molecule has 100 valence electrons. The third-order valence-corrected chi connectivity index (χ3v) is 4.09. The Balaban J connectivity index is 2.09. The first kappa shape index (κ1) is 13.9. The lowest BCUT2D eigenvalue weighted by atomic mass is 10.3. The number of benzene rings is 1. The normalized spacial score (nSPS) is 11.5. The second kappa shape index (κ2) is 5.64. The van der Waals surface area contributed by atoms with Gasteiger partial charge in [0.1, 0.15) is 0 Å². The molecule has 7 heteroatoms. The van der Waals surface area contributed by atoms with E-state index in [-0.39, 0.29) is 11.4 Å². The highest BCUT2D eigenvalue weighted by molar-refractivity contribution is 7.89. The monoisotopic (exact) mass is 297 g/mol. The second-order valence-electron chi connectivity index (χ2n) is 3.94. The van der Waals surface area contributed by atoms with E-state index in [9.17, 15) is 8.42 Å². The average molecular weight is 298 g/mol. The molecule has 2 aromatic rings. The van der Waals surface area contributed by atoms with Crippen LogP contribution in [0.3, 0.4) is 0 Å². The van der Waals surface area contributed by atoms with E-state index in [1.165, 1.54) is 24.3 Å². The lowest BCUT2D eigenvalue weighted by Crippen LogP contribution is -2.23. The van der Waals surface area contributed by atoms with Crippen molar-refractivity contribution in [3.63, 3.8) is 0 Å². The first-order valence-electron chi connectivity index (χ1n) is 5.52. The molecule has 0 unspecified atom stereocenters. The minimum absolute atomic E-state index is 0.0955. The molecule has 0 fully saturated rings. The molecule has 0 aliphatic heterocycles. The number of hydrogen-bond acceptors (Lipinski definition) is 4. The van der Waals surface area contributed by atoms with Crippen LogP contribution in [0.15, 0.2) is 41.3 Å². The molecule has 0 atom stereocenters. The molecule has 2 rings (SSSR count). The van der Waals surface area contributed by atoms with Gasteiger partial charge in [-0.15, -0.1) is 0 Å². The van der Waals surface area contributed by atoms with Crippen molar-refractivity contribution in [2.75, 3.05) is 0 Å². The molecule has 19 heavy (non-hydrogen) atoms. The number of halogens is 1. The molecule has 0 aliphatic carbocycles. The summed E-state index contributed by atoms with van der Waals surface area (Å²) in [5, 5.41) is 8.24. The van der Waals surface area contributed by atoms with Crippen molar-refractivity contribution in [2.24, 2.45) is 0 Å². The van der Waals surface area contributed by atoms with E-state index in [4.69, 9.17) is 11.6 Å². The van der Waals surface area contributed by atoms with Crippen molar-refractivity contribution < 1.29 is 8.42 Å². The van der Waals surface area contributed by atoms with Gasteiger partial charge in [0.05, 0.1) is 22.8 Å². The Morgan fingerprint density at radius 3 is 2.37 bits per heavy atom. The topological polar surface area (TPSA) is 72.0 Å². The molecule has 0 bridgehead atoms. The molecule has 0 radical (unpaired) electrons. The maximum absolute atomic E-state index is 12.0. The van der Waals surface area contributed by atoms with E-state index < -0.39 is 10.0 Å². The first-order chi connectivity index (χ1) is 8.97. The molecule has 1 N–H and O–H groups in total. The Bertz CT molecular complexity index is 654. The summed E-state index contributed by atoms with van der Waals surface area (Å²) in [7, 11) is -3.56. The molecule has 1 heterocycles. The minimum atomic E-state index is -3.56. The summed E-state index contributed by atoms with van der Waals surface area (Å²) < 4.78 is 26.4. The van der Waals surface area contributed by atoms with Crippen LogP contribution in [0.4, 0.5) is 0 Å². The van der Waals surface area contributed by atoms with Crippen LogP contribution < -0.4 is 4.72 Å². The predicted octanol–water partition coefficient (Wildman–Crippen LogP) is 1.92. The van der Waals surface area contributed by atoms with Crippen LogP contribution in [0.5, 0.6) is 0 Å².